The number of fused-ring (bicyclic) bond motifs is 6. The Kier molecular flexibility index (Phi) is 6.78. The van der Waals surface area contributed by atoms with Crippen LogP contribution in [0.2, 0.25) is 0 Å². The van der Waals surface area contributed by atoms with Crippen LogP contribution in [0.1, 0.15) is 0 Å². The second-order valence-corrected chi connectivity index (χ2v) is 12.8. The largest absolute Gasteiger partial charge is 0.454 e. The van der Waals surface area contributed by atoms with Crippen molar-refractivity contribution in [3.8, 4) is 33.7 Å². The molecule has 4 nitrogen and oxygen atoms in total. The van der Waals surface area contributed by atoms with Crippen LogP contribution in [-0.4, -0.2) is 4.98 Å². The number of hydrogen-bond donors (Lipinski definition) is 0. The molecule has 0 saturated carbocycles. The summed E-state index contributed by atoms with van der Waals surface area (Å²) in [5, 5.41) is 4.36. The predicted octanol–water partition coefficient (Wildman–Crippen LogP) is 13.4. The van der Waals surface area contributed by atoms with Gasteiger partial charge in [0, 0.05) is 22.3 Å². The average Bonchev–Trinajstić information content (AvgIpc) is 3.81. The lowest BCUT2D eigenvalue weighted by Crippen LogP contribution is -2.10. The Morgan fingerprint density at radius 1 is 0.431 bits per heavy atom. The fourth-order valence-electron chi connectivity index (χ4n) is 7.28. The first-order chi connectivity index (χ1) is 25.3. The molecule has 0 aliphatic rings. The minimum absolute atomic E-state index is 0.592. The second-order valence-electron chi connectivity index (χ2n) is 12.8. The highest BCUT2D eigenvalue weighted by atomic mass is 16.4. The molecule has 0 radical (unpaired) electrons. The molecule has 51 heavy (non-hydrogen) atoms. The summed E-state index contributed by atoms with van der Waals surface area (Å²) in [6.07, 6.45) is 0. The van der Waals surface area contributed by atoms with Crippen molar-refractivity contribution in [1.29, 1.82) is 0 Å². The summed E-state index contributed by atoms with van der Waals surface area (Å²) < 4.78 is 13.2. The summed E-state index contributed by atoms with van der Waals surface area (Å²) in [5.41, 5.74) is 11.6. The van der Waals surface area contributed by atoms with Crippen LogP contribution in [0.4, 0.5) is 17.1 Å². The van der Waals surface area contributed by atoms with Crippen LogP contribution in [0.25, 0.3) is 77.5 Å². The molecule has 10 aromatic rings. The lowest BCUT2D eigenvalue weighted by molar-refractivity contribution is 0.622. The number of hydrogen-bond acceptors (Lipinski definition) is 4. The molecule has 0 aliphatic heterocycles. The molecule has 0 bridgehead atoms. The predicted molar refractivity (Wildman–Crippen MR) is 210 cm³/mol. The first-order valence-electron chi connectivity index (χ1n) is 17.1. The van der Waals surface area contributed by atoms with Crippen molar-refractivity contribution in [2.45, 2.75) is 0 Å². The van der Waals surface area contributed by atoms with Crippen molar-refractivity contribution < 1.29 is 8.83 Å². The van der Waals surface area contributed by atoms with Gasteiger partial charge in [0.25, 0.3) is 0 Å². The maximum atomic E-state index is 6.76. The van der Waals surface area contributed by atoms with E-state index in [0.29, 0.717) is 5.89 Å². The molecule has 0 spiro atoms. The first-order valence-corrected chi connectivity index (χ1v) is 17.1. The maximum absolute atomic E-state index is 6.76. The van der Waals surface area contributed by atoms with E-state index >= 15 is 0 Å². The molecule has 2 heterocycles. The van der Waals surface area contributed by atoms with Crippen molar-refractivity contribution in [3.63, 3.8) is 0 Å². The number of oxazole rings is 1. The van der Waals surface area contributed by atoms with Crippen molar-refractivity contribution in [1.82, 2.24) is 4.98 Å². The molecular weight excluding hydrogens is 625 g/mol. The Balaban J connectivity index is 1.16. The minimum Gasteiger partial charge on any atom is -0.454 e. The van der Waals surface area contributed by atoms with E-state index < -0.39 is 0 Å². The Labute approximate surface area is 294 Å². The zero-order valence-corrected chi connectivity index (χ0v) is 27.5. The highest BCUT2D eigenvalue weighted by molar-refractivity contribution is 6.19. The van der Waals surface area contributed by atoms with Crippen LogP contribution in [0.15, 0.2) is 191 Å². The van der Waals surface area contributed by atoms with Crippen LogP contribution < -0.4 is 4.90 Å². The molecule has 0 N–H and O–H groups in total. The van der Waals surface area contributed by atoms with E-state index in [2.05, 4.69) is 138 Å². The van der Waals surface area contributed by atoms with Crippen molar-refractivity contribution in [2.24, 2.45) is 0 Å². The van der Waals surface area contributed by atoms with E-state index in [1.165, 1.54) is 16.3 Å². The van der Waals surface area contributed by atoms with Gasteiger partial charge in [0.1, 0.15) is 11.1 Å². The molecule has 4 heteroatoms. The number of anilines is 3. The van der Waals surface area contributed by atoms with E-state index in [4.69, 9.17) is 13.8 Å². The maximum Gasteiger partial charge on any atom is 0.227 e. The lowest BCUT2D eigenvalue weighted by atomic mass is 9.98. The molecule has 0 atom stereocenters. The Bertz CT molecular complexity index is 2850. The van der Waals surface area contributed by atoms with Gasteiger partial charge in [0.2, 0.25) is 5.89 Å². The number of furan rings is 1. The van der Waals surface area contributed by atoms with Gasteiger partial charge in [0.15, 0.2) is 11.2 Å². The molecule has 0 saturated heterocycles. The summed E-state index contributed by atoms with van der Waals surface area (Å²) in [5.74, 6) is 0.592. The van der Waals surface area contributed by atoms with Gasteiger partial charge >= 0.3 is 0 Å². The third-order valence-corrected chi connectivity index (χ3v) is 9.69. The van der Waals surface area contributed by atoms with E-state index in [0.717, 1.165) is 72.4 Å². The number of aromatic nitrogens is 1. The summed E-state index contributed by atoms with van der Waals surface area (Å²) in [4.78, 5) is 7.13. The van der Waals surface area contributed by atoms with E-state index in [-0.39, 0.29) is 0 Å². The fraction of sp³-hybridized carbons (Fsp3) is 0. The van der Waals surface area contributed by atoms with Gasteiger partial charge < -0.3 is 13.7 Å². The van der Waals surface area contributed by atoms with Crippen molar-refractivity contribution in [3.05, 3.63) is 182 Å². The number of benzene rings is 8. The van der Waals surface area contributed by atoms with Gasteiger partial charge in [-0.1, -0.05) is 127 Å². The summed E-state index contributed by atoms with van der Waals surface area (Å²) in [6.45, 7) is 0. The molecule has 10 rings (SSSR count). The molecule has 0 fully saturated rings. The summed E-state index contributed by atoms with van der Waals surface area (Å²) in [7, 11) is 0. The molecule has 0 amide bonds. The third-order valence-electron chi connectivity index (χ3n) is 9.69. The highest BCUT2D eigenvalue weighted by Gasteiger charge is 2.22. The number of nitrogens with zero attached hydrogens (tertiary/aromatic N) is 2. The number of rotatable bonds is 6. The van der Waals surface area contributed by atoms with E-state index in [1.807, 2.05) is 48.5 Å². The van der Waals surface area contributed by atoms with Gasteiger partial charge in [-0.15, -0.1) is 0 Å². The normalized spacial score (nSPS) is 11.5. The number of para-hydroxylation sites is 1. The molecule has 0 unspecified atom stereocenters. The summed E-state index contributed by atoms with van der Waals surface area (Å²) >= 11 is 0. The van der Waals surface area contributed by atoms with Crippen LogP contribution in [0, 0.1) is 0 Å². The van der Waals surface area contributed by atoms with Crippen LogP contribution in [-0.2, 0) is 0 Å². The molecular formula is C47H30N2O2. The zero-order valence-electron chi connectivity index (χ0n) is 27.5. The van der Waals surface area contributed by atoms with Gasteiger partial charge in [-0.2, -0.15) is 0 Å². The van der Waals surface area contributed by atoms with Gasteiger partial charge in [-0.3, -0.25) is 0 Å². The Morgan fingerprint density at radius 3 is 1.96 bits per heavy atom. The lowest BCUT2D eigenvalue weighted by Gasteiger charge is -2.26. The second kappa shape index (κ2) is 11.9. The summed E-state index contributed by atoms with van der Waals surface area (Å²) in [6, 6.07) is 63.4. The van der Waals surface area contributed by atoms with E-state index in [9.17, 15) is 0 Å². The van der Waals surface area contributed by atoms with Crippen LogP contribution >= 0.6 is 0 Å². The van der Waals surface area contributed by atoms with Gasteiger partial charge in [-0.05, 0) is 87.6 Å². The zero-order chi connectivity index (χ0) is 33.7. The molecule has 8 aromatic carbocycles. The highest BCUT2D eigenvalue weighted by Crippen LogP contribution is 2.45. The average molecular weight is 655 g/mol. The molecule has 0 aliphatic carbocycles. The first kappa shape index (κ1) is 29.0. The molecule has 2 aromatic heterocycles. The SMILES string of the molecule is c1ccc(-c2cccc(N(c3ccc(-c4cccc5ccccc45)cc3)c3cccc4c3oc3ccc5nc(-c6ccccc6)oc5c34)c2)cc1. The molecule has 240 valence electrons. The van der Waals surface area contributed by atoms with Gasteiger partial charge in [0.05, 0.1) is 11.1 Å². The fourth-order valence-corrected chi connectivity index (χ4v) is 7.28. The smallest absolute Gasteiger partial charge is 0.227 e. The van der Waals surface area contributed by atoms with Crippen molar-refractivity contribution >= 4 is 60.9 Å². The Morgan fingerprint density at radius 2 is 1.12 bits per heavy atom. The quantitative estimate of drug-likeness (QED) is 0.179. The monoisotopic (exact) mass is 654 g/mol. The van der Waals surface area contributed by atoms with E-state index in [1.54, 1.807) is 0 Å². The van der Waals surface area contributed by atoms with Crippen LogP contribution in [0.5, 0.6) is 0 Å². The standard InChI is InChI=1S/C47H30N2O2/c1-3-12-31(13-4-1)35-18-9-19-37(30-35)49(36-26-24-33(25-27-36)39-21-10-17-32-14-7-8-20-38(32)39)42-23-11-22-40-44-43(50-45(40)42)29-28-41-46(44)51-47(48-41)34-15-5-2-6-16-34/h1-30H. The minimum atomic E-state index is 0.592. The third kappa shape index (κ3) is 4.96. The van der Waals surface area contributed by atoms with Crippen molar-refractivity contribution in [2.75, 3.05) is 4.90 Å². The Hall–Kier alpha value is -6.91. The van der Waals surface area contributed by atoms with Gasteiger partial charge in [-0.25, -0.2) is 4.98 Å². The van der Waals surface area contributed by atoms with Crippen LogP contribution in [0.3, 0.4) is 0 Å². The topological polar surface area (TPSA) is 42.4 Å².